The van der Waals surface area contributed by atoms with Gasteiger partial charge >= 0.3 is 5.97 Å². The number of hydrogen-bond donors (Lipinski definition) is 1. The van der Waals surface area contributed by atoms with Crippen LogP contribution in [0.15, 0.2) is 58.3 Å². The Balaban J connectivity index is 2.04. The first-order valence-corrected chi connectivity index (χ1v) is 7.06. The highest BCUT2D eigenvalue weighted by molar-refractivity contribution is 7.99. The maximum atomic E-state index is 10.6. The van der Waals surface area contributed by atoms with Gasteiger partial charge in [-0.05, 0) is 41.8 Å². The maximum Gasteiger partial charge on any atom is 0.307 e. The van der Waals surface area contributed by atoms with Crippen LogP contribution in [0.4, 0.5) is 0 Å². The van der Waals surface area contributed by atoms with Crippen molar-refractivity contribution in [2.45, 2.75) is 29.6 Å². The second kappa shape index (κ2) is 6.43. The summed E-state index contributed by atoms with van der Waals surface area (Å²) in [6.07, 6.45) is 1.13. The molecule has 2 aromatic carbocycles. The first-order chi connectivity index (χ1) is 9.17. The van der Waals surface area contributed by atoms with E-state index in [9.17, 15) is 4.79 Å². The van der Waals surface area contributed by atoms with E-state index in [0.29, 0.717) is 0 Å². The van der Waals surface area contributed by atoms with Crippen molar-refractivity contribution in [3.8, 4) is 0 Å². The number of rotatable bonds is 5. The smallest absolute Gasteiger partial charge is 0.307 e. The van der Waals surface area contributed by atoms with Crippen LogP contribution >= 0.6 is 11.8 Å². The maximum absolute atomic E-state index is 10.6. The summed E-state index contributed by atoms with van der Waals surface area (Å²) in [5.74, 6) is -0.796. The molecule has 0 aliphatic rings. The van der Waals surface area contributed by atoms with Gasteiger partial charge in [-0.2, -0.15) is 0 Å². The summed E-state index contributed by atoms with van der Waals surface area (Å²) in [6.45, 7) is 2.14. The third kappa shape index (κ3) is 4.14. The number of carboxylic acid groups (broad SMARTS) is 1. The van der Waals surface area contributed by atoms with Crippen LogP contribution < -0.4 is 0 Å². The highest BCUT2D eigenvalue weighted by Gasteiger charge is 2.01. The second-order valence-corrected chi connectivity index (χ2v) is 5.46. The Hall–Kier alpha value is -1.74. The van der Waals surface area contributed by atoms with Crippen molar-refractivity contribution in [3.05, 3.63) is 59.7 Å². The van der Waals surface area contributed by atoms with Gasteiger partial charge in [-0.1, -0.05) is 43.0 Å². The normalized spacial score (nSPS) is 10.4. The zero-order valence-electron chi connectivity index (χ0n) is 10.8. The zero-order chi connectivity index (χ0) is 13.7. The van der Waals surface area contributed by atoms with Gasteiger partial charge < -0.3 is 5.11 Å². The fraction of sp³-hybridized carbons (Fsp3) is 0.188. The fourth-order valence-corrected chi connectivity index (χ4v) is 2.60. The molecule has 0 heterocycles. The predicted molar refractivity (Wildman–Crippen MR) is 77.7 cm³/mol. The molecule has 2 nitrogen and oxygen atoms in total. The van der Waals surface area contributed by atoms with Crippen LogP contribution in [0, 0.1) is 0 Å². The van der Waals surface area contributed by atoms with Crippen molar-refractivity contribution in [2.75, 3.05) is 0 Å². The van der Waals surface area contributed by atoms with E-state index in [0.717, 1.165) is 16.9 Å². The highest BCUT2D eigenvalue weighted by atomic mass is 32.2. The second-order valence-electron chi connectivity index (χ2n) is 4.31. The first kappa shape index (κ1) is 13.7. The summed E-state index contributed by atoms with van der Waals surface area (Å²) in [7, 11) is 0. The van der Waals surface area contributed by atoms with Crippen LogP contribution in [0.5, 0.6) is 0 Å². The SMILES string of the molecule is CCc1ccc(Sc2ccc(CC(=O)O)cc2)cc1. The molecule has 1 N–H and O–H groups in total. The lowest BCUT2D eigenvalue weighted by atomic mass is 10.2. The molecule has 2 aromatic rings. The van der Waals surface area contributed by atoms with Gasteiger partial charge in [0.15, 0.2) is 0 Å². The lowest BCUT2D eigenvalue weighted by Gasteiger charge is -2.04. The van der Waals surface area contributed by atoms with Crippen LogP contribution in [-0.4, -0.2) is 11.1 Å². The van der Waals surface area contributed by atoms with Crippen molar-refractivity contribution in [1.29, 1.82) is 0 Å². The highest BCUT2D eigenvalue weighted by Crippen LogP contribution is 2.28. The molecule has 0 aliphatic heterocycles. The monoisotopic (exact) mass is 272 g/mol. The molecule has 2 rings (SSSR count). The number of hydrogen-bond acceptors (Lipinski definition) is 2. The average Bonchev–Trinajstić information content (AvgIpc) is 2.41. The van der Waals surface area contributed by atoms with Crippen molar-refractivity contribution >= 4 is 17.7 Å². The van der Waals surface area contributed by atoms with Crippen molar-refractivity contribution < 1.29 is 9.90 Å². The van der Waals surface area contributed by atoms with E-state index in [4.69, 9.17) is 5.11 Å². The number of benzene rings is 2. The van der Waals surface area contributed by atoms with Gasteiger partial charge in [0, 0.05) is 9.79 Å². The summed E-state index contributed by atoms with van der Waals surface area (Å²) >= 11 is 1.69. The van der Waals surface area contributed by atoms with Gasteiger partial charge in [-0.15, -0.1) is 0 Å². The van der Waals surface area contributed by atoms with Crippen LogP contribution in [0.2, 0.25) is 0 Å². The number of carboxylic acids is 1. The first-order valence-electron chi connectivity index (χ1n) is 6.25. The third-order valence-corrected chi connectivity index (χ3v) is 3.86. The van der Waals surface area contributed by atoms with E-state index in [1.165, 1.54) is 10.5 Å². The quantitative estimate of drug-likeness (QED) is 0.893. The Labute approximate surface area is 117 Å². The minimum Gasteiger partial charge on any atom is -0.481 e. The minimum atomic E-state index is -0.796. The summed E-state index contributed by atoms with van der Waals surface area (Å²) in [5, 5.41) is 8.72. The van der Waals surface area contributed by atoms with Crippen LogP contribution in [0.25, 0.3) is 0 Å². The molecule has 0 amide bonds. The fourth-order valence-electron chi connectivity index (χ4n) is 1.78. The molecule has 0 spiro atoms. The molecule has 98 valence electrons. The van der Waals surface area contributed by atoms with Crippen molar-refractivity contribution in [1.82, 2.24) is 0 Å². The van der Waals surface area contributed by atoms with E-state index in [-0.39, 0.29) is 6.42 Å². The molecule has 0 radical (unpaired) electrons. The molecule has 0 aliphatic carbocycles. The van der Waals surface area contributed by atoms with Gasteiger partial charge in [-0.3, -0.25) is 4.79 Å². The number of carbonyl (C=O) groups is 1. The summed E-state index contributed by atoms with van der Waals surface area (Å²) in [5.41, 5.74) is 2.17. The van der Waals surface area contributed by atoms with E-state index in [1.54, 1.807) is 11.8 Å². The Bertz CT molecular complexity index is 544. The molecule has 0 saturated heterocycles. The number of aliphatic carboxylic acids is 1. The van der Waals surface area contributed by atoms with Crippen LogP contribution in [0.3, 0.4) is 0 Å². The molecule has 19 heavy (non-hydrogen) atoms. The molecule has 0 aromatic heterocycles. The van der Waals surface area contributed by atoms with Crippen molar-refractivity contribution in [3.63, 3.8) is 0 Å². The zero-order valence-corrected chi connectivity index (χ0v) is 11.6. The molecule has 0 saturated carbocycles. The van der Waals surface area contributed by atoms with Gasteiger partial charge in [0.05, 0.1) is 6.42 Å². The molecular formula is C16H16O2S. The van der Waals surface area contributed by atoms with Gasteiger partial charge in [0.25, 0.3) is 0 Å². The van der Waals surface area contributed by atoms with Crippen LogP contribution in [0.1, 0.15) is 18.1 Å². The van der Waals surface area contributed by atoms with Gasteiger partial charge in [0.1, 0.15) is 0 Å². The van der Waals surface area contributed by atoms with E-state index >= 15 is 0 Å². The topological polar surface area (TPSA) is 37.3 Å². The van der Waals surface area contributed by atoms with Gasteiger partial charge in [0.2, 0.25) is 0 Å². The summed E-state index contributed by atoms with van der Waals surface area (Å²) in [4.78, 5) is 12.9. The van der Waals surface area contributed by atoms with Crippen LogP contribution in [-0.2, 0) is 17.6 Å². The molecule has 3 heteroatoms. The lowest BCUT2D eigenvalue weighted by Crippen LogP contribution is -1.99. The lowest BCUT2D eigenvalue weighted by molar-refractivity contribution is -0.136. The molecule has 0 fully saturated rings. The molecule has 0 unspecified atom stereocenters. The number of aryl methyl sites for hydroxylation is 1. The van der Waals surface area contributed by atoms with E-state index in [2.05, 4.69) is 31.2 Å². The molecule has 0 atom stereocenters. The minimum absolute atomic E-state index is 0.0795. The van der Waals surface area contributed by atoms with E-state index < -0.39 is 5.97 Å². The molecular weight excluding hydrogens is 256 g/mol. The van der Waals surface area contributed by atoms with E-state index in [1.807, 2.05) is 24.3 Å². The van der Waals surface area contributed by atoms with Crippen molar-refractivity contribution in [2.24, 2.45) is 0 Å². The Morgan fingerprint density at radius 2 is 1.42 bits per heavy atom. The third-order valence-electron chi connectivity index (χ3n) is 2.85. The van der Waals surface area contributed by atoms with Gasteiger partial charge in [-0.25, -0.2) is 0 Å². The average molecular weight is 272 g/mol. The largest absolute Gasteiger partial charge is 0.481 e. The Morgan fingerprint density at radius 3 is 1.84 bits per heavy atom. The summed E-state index contributed by atoms with van der Waals surface area (Å²) in [6, 6.07) is 16.2. The Kier molecular flexibility index (Phi) is 4.63. The predicted octanol–water partition coefficient (Wildman–Crippen LogP) is 4.03. The summed E-state index contributed by atoms with van der Waals surface area (Å²) < 4.78 is 0. The standard InChI is InChI=1S/C16H16O2S/c1-2-12-3-7-14(8-4-12)19-15-9-5-13(6-10-15)11-16(17)18/h3-10H,2,11H2,1H3,(H,17,18). The Morgan fingerprint density at radius 1 is 0.947 bits per heavy atom. The molecule has 0 bridgehead atoms.